The number of carbonyl (C=O) groups is 1. The van der Waals surface area contributed by atoms with Crippen LogP contribution in [0.2, 0.25) is 0 Å². The number of hydrogen-bond acceptors (Lipinski definition) is 5. The van der Waals surface area contributed by atoms with Crippen LogP contribution in [0.15, 0.2) is 30.3 Å². The van der Waals surface area contributed by atoms with Gasteiger partial charge in [-0.15, -0.1) is 0 Å². The number of aryl methyl sites for hydroxylation is 1. The molecule has 2 aromatic rings. The monoisotopic (exact) mass is 357 g/mol. The summed E-state index contributed by atoms with van der Waals surface area (Å²) >= 11 is 0. The molecule has 0 radical (unpaired) electrons. The van der Waals surface area contributed by atoms with Crippen LogP contribution in [0.25, 0.3) is 0 Å². The molecule has 3 rings (SSSR count). The van der Waals surface area contributed by atoms with E-state index in [0.29, 0.717) is 35.1 Å². The van der Waals surface area contributed by atoms with Gasteiger partial charge in [0.05, 0.1) is 34.1 Å². The third-order valence-corrected chi connectivity index (χ3v) is 4.56. The van der Waals surface area contributed by atoms with Gasteiger partial charge in [-0.2, -0.15) is 0 Å². The lowest BCUT2D eigenvalue weighted by atomic mass is 9.99. The SMILES string of the molecule is COc1cc(C(=O)N2CCCc3cccc(OC)c32)cc(OC)c1OC. The second-order valence-corrected chi connectivity index (χ2v) is 5.94. The molecule has 0 aromatic heterocycles. The van der Waals surface area contributed by atoms with Crippen LogP contribution in [-0.4, -0.2) is 40.9 Å². The molecule has 0 aliphatic carbocycles. The Labute approximate surface area is 153 Å². The van der Waals surface area contributed by atoms with Gasteiger partial charge in [-0.05, 0) is 36.6 Å². The van der Waals surface area contributed by atoms with Crippen molar-refractivity contribution in [2.45, 2.75) is 12.8 Å². The summed E-state index contributed by atoms with van der Waals surface area (Å²) in [7, 11) is 6.22. The molecule has 2 aromatic carbocycles. The summed E-state index contributed by atoms with van der Waals surface area (Å²) in [6.07, 6.45) is 1.82. The molecule has 1 heterocycles. The lowest BCUT2D eigenvalue weighted by Gasteiger charge is -2.31. The molecular weight excluding hydrogens is 334 g/mol. The van der Waals surface area contributed by atoms with Crippen molar-refractivity contribution >= 4 is 11.6 Å². The summed E-state index contributed by atoms with van der Waals surface area (Å²) < 4.78 is 21.6. The summed E-state index contributed by atoms with van der Waals surface area (Å²) in [5.74, 6) is 1.93. The quantitative estimate of drug-likeness (QED) is 0.822. The van der Waals surface area contributed by atoms with Crippen LogP contribution in [0.3, 0.4) is 0 Å². The molecule has 0 saturated carbocycles. The van der Waals surface area contributed by atoms with Crippen LogP contribution in [0.4, 0.5) is 5.69 Å². The highest BCUT2D eigenvalue weighted by Gasteiger charge is 2.28. The van der Waals surface area contributed by atoms with E-state index in [1.807, 2.05) is 18.2 Å². The molecule has 1 aliphatic heterocycles. The van der Waals surface area contributed by atoms with Gasteiger partial charge < -0.3 is 23.8 Å². The molecule has 0 bridgehead atoms. The van der Waals surface area contributed by atoms with Crippen LogP contribution in [0, 0.1) is 0 Å². The number of rotatable bonds is 5. The van der Waals surface area contributed by atoms with E-state index < -0.39 is 0 Å². The summed E-state index contributed by atoms with van der Waals surface area (Å²) in [5.41, 5.74) is 2.41. The molecule has 138 valence electrons. The number of anilines is 1. The Kier molecular flexibility index (Phi) is 5.21. The number of benzene rings is 2. The van der Waals surface area contributed by atoms with Gasteiger partial charge >= 0.3 is 0 Å². The molecule has 1 amide bonds. The number of methoxy groups -OCH3 is 4. The van der Waals surface area contributed by atoms with E-state index in [-0.39, 0.29) is 5.91 Å². The Hall–Kier alpha value is -2.89. The van der Waals surface area contributed by atoms with Gasteiger partial charge in [0.15, 0.2) is 11.5 Å². The van der Waals surface area contributed by atoms with Crippen molar-refractivity contribution in [2.75, 3.05) is 39.9 Å². The van der Waals surface area contributed by atoms with Gasteiger partial charge in [0.25, 0.3) is 5.91 Å². The van der Waals surface area contributed by atoms with E-state index in [1.165, 1.54) is 21.3 Å². The molecule has 0 atom stereocenters. The highest BCUT2D eigenvalue weighted by molar-refractivity contribution is 6.08. The standard InChI is InChI=1S/C20H23NO5/c1-23-15-9-5-7-13-8-6-10-21(18(13)15)20(22)14-11-16(24-2)19(26-4)17(12-14)25-3/h5,7,9,11-12H,6,8,10H2,1-4H3. The minimum absolute atomic E-state index is 0.130. The fraction of sp³-hybridized carbons (Fsp3) is 0.350. The highest BCUT2D eigenvalue weighted by Crippen LogP contribution is 2.41. The largest absolute Gasteiger partial charge is 0.495 e. The molecule has 0 fully saturated rings. The number of nitrogens with zero attached hydrogens (tertiary/aromatic N) is 1. The zero-order chi connectivity index (χ0) is 18.7. The Morgan fingerprint density at radius 3 is 2.15 bits per heavy atom. The van der Waals surface area contributed by atoms with Gasteiger partial charge in [0.1, 0.15) is 5.75 Å². The third kappa shape index (κ3) is 3.03. The van der Waals surface area contributed by atoms with Crippen molar-refractivity contribution in [2.24, 2.45) is 0 Å². The number of amides is 1. The molecule has 6 heteroatoms. The van der Waals surface area contributed by atoms with Crippen LogP contribution >= 0.6 is 0 Å². The van der Waals surface area contributed by atoms with Gasteiger partial charge in [-0.25, -0.2) is 0 Å². The Bertz CT molecular complexity index is 779. The van der Waals surface area contributed by atoms with Crippen molar-refractivity contribution in [3.63, 3.8) is 0 Å². The van der Waals surface area contributed by atoms with Gasteiger partial charge in [-0.1, -0.05) is 12.1 Å². The van der Waals surface area contributed by atoms with E-state index in [9.17, 15) is 4.79 Å². The molecule has 0 saturated heterocycles. The Balaban J connectivity index is 2.07. The van der Waals surface area contributed by atoms with Crippen molar-refractivity contribution in [3.8, 4) is 23.0 Å². The Morgan fingerprint density at radius 2 is 1.58 bits per heavy atom. The smallest absolute Gasteiger partial charge is 0.258 e. The fourth-order valence-electron chi connectivity index (χ4n) is 3.34. The van der Waals surface area contributed by atoms with Crippen LogP contribution < -0.4 is 23.8 Å². The molecule has 1 aliphatic rings. The fourth-order valence-corrected chi connectivity index (χ4v) is 3.34. The van der Waals surface area contributed by atoms with E-state index >= 15 is 0 Å². The predicted octanol–water partition coefficient (Wildman–Crippen LogP) is 3.31. The second-order valence-electron chi connectivity index (χ2n) is 5.94. The number of fused-ring (bicyclic) bond motifs is 1. The minimum atomic E-state index is -0.130. The lowest BCUT2D eigenvalue weighted by molar-refractivity contribution is 0.0983. The van der Waals surface area contributed by atoms with Gasteiger partial charge in [0.2, 0.25) is 5.75 Å². The van der Waals surface area contributed by atoms with Crippen molar-refractivity contribution in [1.29, 1.82) is 0 Å². The number of carbonyl (C=O) groups excluding carboxylic acids is 1. The highest BCUT2D eigenvalue weighted by atomic mass is 16.5. The first-order valence-corrected chi connectivity index (χ1v) is 8.42. The summed E-state index contributed by atoms with van der Waals surface area (Å²) in [5, 5.41) is 0. The van der Waals surface area contributed by atoms with Crippen molar-refractivity contribution < 1.29 is 23.7 Å². The summed E-state index contributed by atoms with van der Waals surface area (Å²) in [6.45, 7) is 0.628. The molecule has 6 nitrogen and oxygen atoms in total. The molecular formula is C20H23NO5. The number of para-hydroxylation sites is 1. The maximum Gasteiger partial charge on any atom is 0.258 e. The maximum absolute atomic E-state index is 13.3. The second kappa shape index (κ2) is 7.56. The van der Waals surface area contributed by atoms with E-state index in [4.69, 9.17) is 18.9 Å². The molecule has 0 N–H and O–H groups in total. The van der Waals surface area contributed by atoms with Crippen LogP contribution in [0.1, 0.15) is 22.3 Å². The summed E-state index contributed by atoms with van der Waals surface area (Å²) in [6, 6.07) is 9.21. The average Bonchev–Trinajstić information content (AvgIpc) is 2.70. The first-order chi connectivity index (χ1) is 12.6. The Morgan fingerprint density at radius 1 is 0.923 bits per heavy atom. The minimum Gasteiger partial charge on any atom is -0.495 e. The first kappa shape index (κ1) is 17.9. The zero-order valence-corrected chi connectivity index (χ0v) is 15.5. The first-order valence-electron chi connectivity index (χ1n) is 8.42. The van der Waals surface area contributed by atoms with Gasteiger partial charge in [-0.3, -0.25) is 4.79 Å². The topological polar surface area (TPSA) is 57.2 Å². The van der Waals surface area contributed by atoms with Crippen molar-refractivity contribution in [3.05, 3.63) is 41.5 Å². The third-order valence-electron chi connectivity index (χ3n) is 4.56. The summed E-state index contributed by atoms with van der Waals surface area (Å²) in [4.78, 5) is 15.0. The average molecular weight is 357 g/mol. The molecule has 0 unspecified atom stereocenters. The predicted molar refractivity (Wildman–Crippen MR) is 99.1 cm³/mol. The van der Waals surface area contributed by atoms with Gasteiger partial charge in [0, 0.05) is 12.1 Å². The maximum atomic E-state index is 13.3. The van der Waals surface area contributed by atoms with E-state index in [2.05, 4.69) is 0 Å². The molecule has 26 heavy (non-hydrogen) atoms. The van der Waals surface area contributed by atoms with Crippen molar-refractivity contribution in [1.82, 2.24) is 0 Å². The van der Waals surface area contributed by atoms with Crippen LogP contribution in [0.5, 0.6) is 23.0 Å². The lowest BCUT2D eigenvalue weighted by Crippen LogP contribution is -2.35. The van der Waals surface area contributed by atoms with Crippen LogP contribution in [-0.2, 0) is 6.42 Å². The normalized spacial score (nSPS) is 13.0. The van der Waals surface area contributed by atoms with E-state index in [0.717, 1.165) is 24.1 Å². The zero-order valence-electron chi connectivity index (χ0n) is 15.5. The number of ether oxygens (including phenoxy) is 4. The van der Waals surface area contributed by atoms with E-state index in [1.54, 1.807) is 24.1 Å². The molecule has 0 spiro atoms. The number of hydrogen-bond donors (Lipinski definition) is 0.